The molecule has 0 aromatic carbocycles. The molecular weight excluding hydrogens is 172 g/mol. The van der Waals surface area contributed by atoms with Crippen LogP contribution in [0.25, 0.3) is 0 Å². The third-order valence-corrected chi connectivity index (χ3v) is 1.33. The molecule has 0 aliphatic rings. The zero-order chi connectivity index (χ0) is 7.40. The van der Waals surface area contributed by atoms with Gasteiger partial charge < -0.3 is 0 Å². The Hall–Kier alpha value is -0.740. The van der Waals surface area contributed by atoms with Crippen LogP contribution in [0.15, 0.2) is 22.8 Å². The van der Waals surface area contributed by atoms with E-state index in [0.717, 1.165) is 0 Å². The number of pyridine rings is 1. The predicted octanol–water partition coefficient (Wildman–Crippen LogP) is 1.76. The van der Waals surface area contributed by atoms with Crippen molar-refractivity contribution < 1.29 is 4.21 Å². The summed E-state index contributed by atoms with van der Waals surface area (Å²) in [5.41, 5.74) is 0.493. The number of halogens is 1. The molecule has 0 amide bonds. The van der Waals surface area contributed by atoms with Gasteiger partial charge in [0.2, 0.25) is 11.5 Å². The van der Waals surface area contributed by atoms with Gasteiger partial charge in [-0.1, -0.05) is 11.6 Å². The van der Waals surface area contributed by atoms with Crippen LogP contribution in [-0.4, -0.2) is 9.19 Å². The Labute approximate surface area is 66.3 Å². The number of nitrogens with zero attached hydrogens (tertiary/aromatic N) is 2. The normalized spacial score (nSPS) is 8.90. The summed E-state index contributed by atoms with van der Waals surface area (Å²) in [6.07, 6.45) is 2.95. The van der Waals surface area contributed by atoms with Crippen LogP contribution >= 0.6 is 11.6 Å². The van der Waals surface area contributed by atoms with Gasteiger partial charge in [0.1, 0.15) is 0 Å². The Morgan fingerprint density at radius 1 is 1.60 bits per heavy atom. The Morgan fingerprint density at radius 3 is 3.00 bits per heavy atom. The summed E-state index contributed by atoms with van der Waals surface area (Å²) in [5, 5.41) is 0.482. The van der Waals surface area contributed by atoms with Crippen molar-refractivity contribution in [2.45, 2.75) is 0 Å². The molecule has 0 unspecified atom stereocenters. The lowest BCUT2D eigenvalue weighted by molar-refractivity contribution is 0.698. The minimum atomic E-state index is 0.140. The van der Waals surface area contributed by atoms with Gasteiger partial charge in [-0.3, -0.25) is 4.98 Å². The van der Waals surface area contributed by atoms with E-state index in [1.165, 1.54) is 12.4 Å². The van der Waals surface area contributed by atoms with E-state index < -0.39 is 0 Å². The van der Waals surface area contributed by atoms with E-state index in [1.54, 1.807) is 6.07 Å². The summed E-state index contributed by atoms with van der Waals surface area (Å²) < 4.78 is 13.4. The van der Waals surface area contributed by atoms with E-state index >= 15 is 0 Å². The summed E-state index contributed by atoms with van der Waals surface area (Å²) in [7, 11) is 0. The summed E-state index contributed by atoms with van der Waals surface area (Å²) in [4.78, 5) is 3.72. The van der Waals surface area contributed by atoms with Crippen LogP contribution < -0.4 is 0 Å². The lowest BCUT2D eigenvalue weighted by atomic mass is 10.4. The van der Waals surface area contributed by atoms with Gasteiger partial charge in [-0.05, 0) is 6.07 Å². The Kier molecular flexibility index (Phi) is 2.53. The third-order valence-electron chi connectivity index (χ3n) is 0.833. The van der Waals surface area contributed by atoms with Crippen LogP contribution in [0.1, 0.15) is 0 Å². The topological polar surface area (TPSA) is 42.3 Å². The Morgan fingerprint density at radius 2 is 2.40 bits per heavy atom. The highest BCUT2D eigenvalue weighted by atomic mass is 35.5. The molecule has 0 aliphatic heterocycles. The van der Waals surface area contributed by atoms with Gasteiger partial charge in [-0.2, -0.15) is 8.57 Å². The first-order valence-corrected chi connectivity index (χ1v) is 3.51. The molecule has 0 saturated heterocycles. The van der Waals surface area contributed by atoms with E-state index in [4.69, 9.17) is 11.6 Å². The fourth-order valence-corrected chi connectivity index (χ4v) is 0.848. The fraction of sp³-hybridized carbons (Fsp3) is 0. The molecule has 0 spiro atoms. The van der Waals surface area contributed by atoms with Crippen molar-refractivity contribution in [1.29, 1.82) is 0 Å². The number of hydrogen-bond donors (Lipinski definition) is 0. The van der Waals surface area contributed by atoms with Crippen LogP contribution in [0.4, 0.5) is 5.69 Å². The number of hydrogen-bond acceptors (Lipinski definition) is 3. The van der Waals surface area contributed by atoms with Crippen molar-refractivity contribution >= 4 is 28.8 Å². The van der Waals surface area contributed by atoms with E-state index in [9.17, 15) is 4.21 Å². The second-order valence-corrected chi connectivity index (χ2v) is 2.30. The van der Waals surface area contributed by atoms with Crippen LogP contribution in [0.2, 0.25) is 5.02 Å². The van der Waals surface area contributed by atoms with E-state index in [2.05, 4.69) is 9.35 Å². The highest BCUT2D eigenvalue weighted by Gasteiger charge is 1.89. The van der Waals surface area contributed by atoms with Crippen molar-refractivity contribution in [3.8, 4) is 0 Å². The zero-order valence-electron chi connectivity index (χ0n) is 4.82. The standard InChI is InChI=1S/C5H3ClN2OS/c6-4-1-5(8-10-9)3-7-2-4/h1-3H. The van der Waals surface area contributed by atoms with Gasteiger partial charge in [-0.15, -0.1) is 0 Å². The molecule has 5 heteroatoms. The van der Waals surface area contributed by atoms with Gasteiger partial charge in [0.05, 0.1) is 16.9 Å². The highest BCUT2D eigenvalue weighted by Crippen LogP contribution is 2.14. The monoisotopic (exact) mass is 174 g/mol. The molecule has 1 heterocycles. The SMILES string of the molecule is O=S=Nc1cncc(Cl)c1. The maximum absolute atomic E-state index is 9.89. The molecule has 0 bridgehead atoms. The lowest BCUT2D eigenvalue weighted by Crippen LogP contribution is -1.68. The molecule has 0 fully saturated rings. The van der Waals surface area contributed by atoms with Crippen LogP contribution in [0.5, 0.6) is 0 Å². The highest BCUT2D eigenvalue weighted by molar-refractivity contribution is 7.54. The molecule has 3 nitrogen and oxygen atoms in total. The molecule has 0 saturated carbocycles. The smallest absolute Gasteiger partial charge is 0.205 e. The second kappa shape index (κ2) is 3.43. The van der Waals surface area contributed by atoms with Gasteiger partial charge in [0, 0.05) is 6.20 Å². The summed E-state index contributed by atoms with van der Waals surface area (Å²) in [6, 6.07) is 1.57. The summed E-state index contributed by atoms with van der Waals surface area (Å²) >= 11 is 5.69. The average Bonchev–Trinajstić information content (AvgIpc) is 1.88. The summed E-state index contributed by atoms with van der Waals surface area (Å²) in [6.45, 7) is 0. The van der Waals surface area contributed by atoms with Gasteiger partial charge >= 0.3 is 0 Å². The van der Waals surface area contributed by atoms with Crippen molar-refractivity contribution in [2.24, 2.45) is 4.36 Å². The Bertz CT molecular complexity index is 285. The lowest BCUT2D eigenvalue weighted by Gasteiger charge is -1.87. The van der Waals surface area contributed by atoms with E-state index in [1.807, 2.05) is 0 Å². The first kappa shape index (κ1) is 7.37. The maximum atomic E-state index is 9.89. The number of aromatic nitrogens is 1. The van der Waals surface area contributed by atoms with Gasteiger partial charge in [0.15, 0.2) is 0 Å². The van der Waals surface area contributed by atoms with Crippen molar-refractivity contribution in [1.82, 2.24) is 4.98 Å². The largest absolute Gasteiger partial charge is 0.261 e. The number of rotatable bonds is 1. The minimum Gasteiger partial charge on any atom is -0.261 e. The quantitative estimate of drug-likeness (QED) is 0.651. The van der Waals surface area contributed by atoms with Crippen LogP contribution in [0.3, 0.4) is 0 Å². The first-order chi connectivity index (χ1) is 4.83. The average molecular weight is 175 g/mol. The van der Waals surface area contributed by atoms with E-state index in [0.29, 0.717) is 10.7 Å². The summed E-state index contributed by atoms with van der Waals surface area (Å²) in [5.74, 6) is 0. The minimum absolute atomic E-state index is 0.140. The fourth-order valence-electron chi connectivity index (χ4n) is 0.494. The molecule has 0 radical (unpaired) electrons. The Balaban J connectivity index is 3.06. The second-order valence-electron chi connectivity index (χ2n) is 1.53. The van der Waals surface area contributed by atoms with Crippen molar-refractivity contribution in [2.75, 3.05) is 0 Å². The van der Waals surface area contributed by atoms with Crippen molar-refractivity contribution in [3.05, 3.63) is 23.5 Å². The van der Waals surface area contributed by atoms with Gasteiger partial charge in [0.25, 0.3) is 0 Å². The van der Waals surface area contributed by atoms with E-state index in [-0.39, 0.29) is 11.5 Å². The molecule has 52 valence electrons. The third kappa shape index (κ3) is 1.89. The zero-order valence-corrected chi connectivity index (χ0v) is 6.39. The molecule has 0 N–H and O–H groups in total. The molecule has 1 aromatic rings. The molecule has 1 rings (SSSR count). The predicted molar refractivity (Wildman–Crippen MR) is 39.5 cm³/mol. The molecule has 10 heavy (non-hydrogen) atoms. The van der Waals surface area contributed by atoms with Crippen LogP contribution in [0, 0.1) is 0 Å². The maximum Gasteiger partial charge on any atom is 0.205 e. The molecule has 0 aliphatic carbocycles. The van der Waals surface area contributed by atoms with Crippen molar-refractivity contribution in [3.63, 3.8) is 0 Å². The van der Waals surface area contributed by atoms with Crippen LogP contribution in [-0.2, 0) is 11.5 Å². The van der Waals surface area contributed by atoms with Gasteiger partial charge in [-0.25, -0.2) is 0 Å². The molecule has 0 atom stereocenters. The molecule has 1 aromatic heterocycles. The molecular formula is C5H3ClN2OS. The first-order valence-electron chi connectivity index (χ1n) is 2.43.